The standard InChI is InChI=1S/C19H31N3O3S/c1-22-9-14(4-15(22)10-23)20-16(24)18-5-12-3-13(6-18)8-19(7-12,11-18)21-17(25)26-2/h12-15,23H,3-11H2,1-2H3,(H,20,24)(H,21,25)/t12-,13-,14+,15-,18?,19?/m0/s1. The van der Waals surface area contributed by atoms with Gasteiger partial charge in [0.1, 0.15) is 0 Å². The van der Waals surface area contributed by atoms with Gasteiger partial charge in [-0.05, 0) is 70.1 Å². The molecule has 5 aliphatic rings. The van der Waals surface area contributed by atoms with E-state index in [0.29, 0.717) is 11.8 Å². The van der Waals surface area contributed by atoms with Gasteiger partial charge in [-0.25, -0.2) is 0 Å². The normalized spacial score (nSPS) is 44.3. The van der Waals surface area contributed by atoms with E-state index in [0.717, 1.165) is 45.1 Å². The molecule has 0 unspecified atom stereocenters. The van der Waals surface area contributed by atoms with Crippen LogP contribution in [0.3, 0.4) is 0 Å². The lowest BCUT2D eigenvalue weighted by Gasteiger charge is -2.61. The summed E-state index contributed by atoms with van der Waals surface area (Å²) in [6, 6.07) is 0.262. The number of thioether (sulfide) groups is 1. The predicted octanol–water partition coefficient (Wildman–Crippen LogP) is 1.58. The number of rotatable bonds is 4. The highest BCUT2D eigenvalue weighted by molar-refractivity contribution is 8.12. The molecule has 1 saturated heterocycles. The lowest BCUT2D eigenvalue weighted by atomic mass is 9.46. The van der Waals surface area contributed by atoms with Crippen LogP contribution < -0.4 is 10.6 Å². The van der Waals surface area contributed by atoms with Crippen molar-refractivity contribution in [3.8, 4) is 0 Å². The van der Waals surface area contributed by atoms with Gasteiger partial charge in [0.25, 0.3) is 5.24 Å². The van der Waals surface area contributed by atoms with Crippen molar-refractivity contribution in [2.75, 3.05) is 26.5 Å². The maximum Gasteiger partial charge on any atom is 0.279 e. The van der Waals surface area contributed by atoms with Crippen LogP contribution in [0.25, 0.3) is 0 Å². The zero-order valence-corrected chi connectivity index (χ0v) is 16.6. The zero-order valence-electron chi connectivity index (χ0n) is 15.8. The summed E-state index contributed by atoms with van der Waals surface area (Å²) in [5.41, 5.74) is -0.493. The van der Waals surface area contributed by atoms with Crippen LogP contribution in [-0.2, 0) is 4.79 Å². The average Bonchev–Trinajstić information content (AvgIpc) is 2.92. The monoisotopic (exact) mass is 381 g/mol. The molecule has 4 saturated carbocycles. The Labute approximate surface area is 159 Å². The molecule has 1 heterocycles. The van der Waals surface area contributed by atoms with E-state index in [9.17, 15) is 14.7 Å². The molecule has 0 aromatic carbocycles. The molecule has 0 aromatic rings. The molecule has 1 aliphatic heterocycles. The number of nitrogens with zero attached hydrogens (tertiary/aromatic N) is 1. The van der Waals surface area contributed by atoms with Crippen LogP contribution in [0.5, 0.6) is 0 Å². The highest BCUT2D eigenvalue weighted by Gasteiger charge is 2.61. The average molecular weight is 382 g/mol. The van der Waals surface area contributed by atoms with E-state index < -0.39 is 0 Å². The number of aliphatic hydroxyl groups excluding tert-OH is 1. The number of nitrogens with one attached hydrogen (secondary N) is 2. The van der Waals surface area contributed by atoms with E-state index in [-0.39, 0.29) is 40.8 Å². The van der Waals surface area contributed by atoms with Crippen LogP contribution in [-0.4, -0.2) is 65.2 Å². The predicted molar refractivity (Wildman–Crippen MR) is 102 cm³/mol. The first-order chi connectivity index (χ1) is 12.4. The van der Waals surface area contributed by atoms with Gasteiger partial charge in [0.15, 0.2) is 0 Å². The molecule has 6 nitrogen and oxygen atoms in total. The van der Waals surface area contributed by atoms with Crippen molar-refractivity contribution in [2.45, 2.75) is 62.6 Å². The van der Waals surface area contributed by atoms with Gasteiger partial charge in [0, 0.05) is 24.2 Å². The number of likely N-dealkylation sites (tertiary alicyclic amines) is 1. The number of hydrogen-bond donors (Lipinski definition) is 3. The molecule has 5 fully saturated rings. The number of aliphatic hydroxyl groups is 1. The molecule has 0 spiro atoms. The van der Waals surface area contributed by atoms with Gasteiger partial charge in [-0.1, -0.05) is 11.8 Å². The number of carbonyl (C=O) groups is 2. The van der Waals surface area contributed by atoms with Crippen LogP contribution in [0.1, 0.15) is 44.9 Å². The summed E-state index contributed by atoms with van der Waals surface area (Å²) in [7, 11) is 2.00. The first-order valence-electron chi connectivity index (χ1n) is 9.85. The fourth-order valence-electron chi connectivity index (χ4n) is 6.68. The van der Waals surface area contributed by atoms with Gasteiger partial charge >= 0.3 is 0 Å². The Kier molecular flexibility index (Phi) is 4.77. The van der Waals surface area contributed by atoms with Gasteiger partial charge in [-0.3, -0.25) is 14.5 Å². The SMILES string of the molecule is CSC(=O)NC12C[C@H]3C[C@H](C1)CC(C(=O)N[C@@H]1C[C@@H](CO)N(C)C1)(C3)C2. The lowest BCUT2D eigenvalue weighted by Crippen LogP contribution is -2.66. The smallest absolute Gasteiger partial charge is 0.279 e. The third-order valence-electron chi connectivity index (χ3n) is 7.33. The molecular formula is C19H31N3O3S. The molecule has 0 aromatic heterocycles. The summed E-state index contributed by atoms with van der Waals surface area (Å²) in [6.45, 7) is 0.941. The fraction of sp³-hybridized carbons (Fsp3) is 0.895. The first-order valence-corrected chi connectivity index (χ1v) is 11.1. The van der Waals surface area contributed by atoms with Crippen molar-refractivity contribution < 1.29 is 14.7 Å². The van der Waals surface area contributed by atoms with E-state index in [2.05, 4.69) is 15.5 Å². The van der Waals surface area contributed by atoms with Crippen LogP contribution in [0.4, 0.5) is 4.79 Å². The minimum Gasteiger partial charge on any atom is -0.395 e. The number of likely N-dealkylation sites (N-methyl/N-ethyl adjacent to an activating group) is 1. The molecule has 2 amide bonds. The fourth-order valence-corrected chi connectivity index (χ4v) is 7.00. The van der Waals surface area contributed by atoms with Crippen LogP contribution in [0, 0.1) is 17.3 Å². The summed E-state index contributed by atoms with van der Waals surface area (Å²) in [6.07, 6.45) is 8.63. The molecule has 146 valence electrons. The molecule has 4 atom stereocenters. The van der Waals surface area contributed by atoms with E-state index in [1.165, 1.54) is 18.2 Å². The highest BCUT2D eigenvalue weighted by atomic mass is 32.2. The van der Waals surface area contributed by atoms with Gasteiger partial charge in [0.05, 0.1) is 12.0 Å². The molecule has 26 heavy (non-hydrogen) atoms. The molecule has 3 N–H and O–H groups in total. The largest absolute Gasteiger partial charge is 0.395 e. The van der Waals surface area contributed by atoms with E-state index in [1.54, 1.807) is 0 Å². The van der Waals surface area contributed by atoms with Crippen LogP contribution in [0.2, 0.25) is 0 Å². The third kappa shape index (κ3) is 3.16. The van der Waals surface area contributed by atoms with Crippen LogP contribution >= 0.6 is 11.8 Å². The van der Waals surface area contributed by atoms with Gasteiger partial charge < -0.3 is 15.7 Å². The third-order valence-corrected chi connectivity index (χ3v) is 7.80. The molecule has 4 bridgehead atoms. The minimum absolute atomic E-state index is 0.0331. The lowest BCUT2D eigenvalue weighted by molar-refractivity contribution is -0.150. The van der Waals surface area contributed by atoms with Crippen molar-refractivity contribution in [3.63, 3.8) is 0 Å². The van der Waals surface area contributed by atoms with Crippen molar-refractivity contribution in [2.24, 2.45) is 17.3 Å². The Morgan fingerprint density at radius 1 is 1.19 bits per heavy atom. The Bertz CT molecular complexity index is 585. The number of carbonyl (C=O) groups excluding carboxylic acids is 2. The van der Waals surface area contributed by atoms with E-state index in [1.807, 2.05) is 13.3 Å². The van der Waals surface area contributed by atoms with E-state index in [4.69, 9.17) is 0 Å². The van der Waals surface area contributed by atoms with Crippen molar-refractivity contribution >= 4 is 22.9 Å². The maximum absolute atomic E-state index is 13.3. The van der Waals surface area contributed by atoms with E-state index >= 15 is 0 Å². The quantitative estimate of drug-likeness (QED) is 0.689. The maximum atomic E-state index is 13.3. The van der Waals surface area contributed by atoms with Gasteiger partial charge in [-0.2, -0.15) is 0 Å². The van der Waals surface area contributed by atoms with Gasteiger partial charge in [-0.15, -0.1) is 0 Å². The number of hydrogen-bond acceptors (Lipinski definition) is 5. The zero-order chi connectivity index (χ0) is 18.5. The summed E-state index contributed by atoms with van der Waals surface area (Å²) in [5.74, 6) is 1.30. The summed E-state index contributed by atoms with van der Waals surface area (Å²) in [4.78, 5) is 27.5. The molecule has 4 aliphatic carbocycles. The first kappa shape index (κ1) is 18.6. The Balaban J connectivity index is 1.49. The second-order valence-electron chi connectivity index (χ2n) is 9.32. The molecule has 0 radical (unpaired) electrons. The molecule has 7 heteroatoms. The Hall–Kier alpha value is -0.790. The molecule has 5 rings (SSSR count). The van der Waals surface area contributed by atoms with Crippen molar-refractivity contribution in [1.29, 1.82) is 0 Å². The van der Waals surface area contributed by atoms with Crippen molar-refractivity contribution in [1.82, 2.24) is 15.5 Å². The highest BCUT2D eigenvalue weighted by Crippen LogP contribution is 2.61. The van der Waals surface area contributed by atoms with Gasteiger partial charge in [0.2, 0.25) is 5.91 Å². The topological polar surface area (TPSA) is 81.7 Å². The summed E-state index contributed by atoms with van der Waals surface area (Å²) >= 11 is 1.23. The minimum atomic E-state index is -0.314. The second-order valence-corrected chi connectivity index (χ2v) is 10.1. The Morgan fingerprint density at radius 3 is 2.46 bits per heavy atom. The summed E-state index contributed by atoms with van der Waals surface area (Å²) < 4.78 is 0. The molecular weight excluding hydrogens is 350 g/mol. The number of amides is 2. The van der Waals surface area contributed by atoms with Crippen LogP contribution in [0.15, 0.2) is 0 Å². The second kappa shape index (κ2) is 6.67. The Morgan fingerprint density at radius 2 is 1.88 bits per heavy atom. The summed E-state index contributed by atoms with van der Waals surface area (Å²) in [5, 5.41) is 16.1. The van der Waals surface area contributed by atoms with Crippen molar-refractivity contribution in [3.05, 3.63) is 0 Å².